The van der Waals surface area contributed by atoms with Crippen molar-refractivity contribution in [1.29, 1.82) is 0 Å². The van der Waals surface area contributed by atoms with E-state index in [9.17, 15) is 4.79 Å². The van der Waals surface area contributed by atoms with Gasteiger partial charge in [0.25, 0.3) is 5.91 Å². The molecule has 2 aromatic rings. The quantitative estimate of drug-likeness (QED) is 0.860. The molecular weight excluding hydrogens is 358 g/mol. The fraction of sp³-hybridized carbons (Fsp3) is 0.444. The van der Waals surface area contributed by atoms with Gasteiger partial charge in [0.15, 0.2) is 5.13 Å². The lowest BCUT2D eigenvalue weighted by atomic mass is 10.1. The zero-order valence-electron chi connectivity index (χ0n) is 14.4. The molecule has 7 heteroatoms. The number of nitrogens with one attached hydrogen (secondary N) is 1. The first-order valence-corrected chi connectivity index (χ1v) is 9.60. The van der Waals surface area contributed by atoms with E-state index in [-0.39, 0.29) is 11.8 Å². The molecule has 1 saturated heterocycles. The summed E-state index contributed by atoms with van der Waals surface area (Å²) in [6.45, 7) is 7.64. The molecule has 0 atom stereocenters. The second kappa shape index (κ2) is 8.17. The number of morpholine rings is 1. The number of thiazole rings is 1. The third kappa shape index (κ3) is 4.51. The third-order valence-corrected chi connectivity index (χ3v) is 5.43. The lowest BCUT2D eigenvalue weighted by molar-refractivity contribution is 0.0953. The Labute approximate surface area is 157 Å². The Morgan fingerprint density at radius 2 is 2.00 bits per heavy atom. The highest BCUT2D eigenvalue weighted by Crippen LogP contribution is 2.31. The zero-order valence-corrected chi connectivity index (χ0v) is 16.0. The summed E-state index contributed by atoms with van der Waals surface area (Å²) in [6.07, 6.45) is 0. The van der Waals surface area contributed by atoms with Crippen LogP contribution < -0.4 is 10.2 Å². The van der Waals surface area contributed by atoms with E-state index in [0.717, 1.165) is 29.5 Å². The molecule has 0 unspecified atom stereocenters. The van der Waals surface area contributed by atoms with Crippen molar-refractivity contribution in [3.63, 3.8) is 0 Å². The van der Waals surface area contributed by atoms with Crippen molar-refractivity contribution in [1.82, 2.24) is 10.3 Å². The van der Waals surface area contributed by atoms with Gasteiger partial charge in [-0.05, 0) is 23.6 Å². The van der Waals surface area contributed by atoms with Crippen molar-refractivity contribution in [3.8, 4) is 0 Å². The molecule has 0 spiro atoms. The van der Waals surface area contributed by atoms with Gasteiger partial charge < -0.3 is 15.0 Å². The van der Waals surface area contributed by atoms with Crippen LogP contribution in [0.15, 0.2) is 24.3 Å². The second-order valence-electron chi connectivity index (χ2n) is 6.27. The molecule has 1 aromatic carbocycles. The Balaban J connectivity index is 1.73. The summed E-state index contributed by atoms with van der Waals surface area (Å²) in [7, 11) is 0. The zero-order chi connectivity index (χ0) is 17.8. The van der Waals surface area contributed by atoms with E-state index < -0.39 is 0 Å². The molecule has 0 bridgehead atoms. The minimum absolute atomic E-state index is 0.0735. The minimum Gasteiger partial charge on any atom is -0.378 e. The van der Waals surface area contributed by atoms with Crippen LogP contribution in [0.4, 0.5) is 5.13 Å². The van der Waals surface area contributed by atoms with Crippen LogP contribution in [-0.2, 0) is 11.3 Å². The number of aromatic nitrogens is 1. The second-order valence-corrected chi connectivity index (χ2v) is 7.69. The van der Waals surface area contributed by atoms with Crippen LogP contribution in [0.5, 0.6) is 0 Å². The van der Waals surface area contributed by atoms with E-state index in [1.54, 1.807) is 0 Å². The first-order chi connectivity index (χ1) is 12.0. The lowest BCUT2D eigenvalue weighted by Gasteiger charge is -2.26. The molecule has 134 valence electrons. The molecule has 1 aromatic heterocycles. The van der Waals surface area contributed by atoms with Crippen LogP contribution in [0.3, 0.4) is 0 Å². The number of carbonyl (C=O) groups is 1. The van der Waals surface area contributed by atoms with Gasteiger partial charge in [-0.1, -0.05) is 48.9 Å². The van der Waals surface area contributed by atoms with Gasteiger partial charge in [0.1, 0.15) is 4.88 Å². The van der Waals surface area contributed by atoms with Crippen LogP contribution in [-0.4, -0.2) is 37.2 Å². The summed E-state index contributed by atoms with van der Waals surface area (Å²) < 4.78 is 5.40. The predicted molar refractivity (Wildman–Crippen MR) is 102 cm³/mol. The molecule has 1 aliphatic rings. The number of benzene rings is 1. The molecule has 25 heavy (non-hydrogen) atoms. The maximum Gasteiger partial charge on any atom is 0.263 e. The van der Waals surface area contributed by atoms with Crippen molar-refractivity contribution in [2.75, 3.05) is 31.2 Å². The summed E-state index contributed by atoms with van der Waals surface area (Å²) in [4.78, 5) is 20.3. The van der Waals surface area contributed by atoms with Gasteiger partial charge in [-0.3, -0.25) is 4.79 Å². The van der Waals surface area contributed by atoms with E-state index in [1.807, 2.05) is 24.3 Å². The first kappa shape index (κ1) is 18.2. The fourth-order valence-corrected chi connectivity index (χ4v) is 3.94. The summed E-state index contributed by atoms with van der Waals surface area (Å²) >= 11 is 7.36. The average Bonchev–Trinajstić information content (AvgIpc) is 3.07. The van der Waals surface area contributed by atoms with Crippen molar-refractivity contribution in [3.05, 3.63) is 45.4 Å². The molecule has 1 fully saturated rings. The predicted octanol–water partition coefficient (Wildman–Crippen LogP) is 3.69. The monoisotopic (exact) mass is 379 g/mol. The first-order valence-electron chi connectivity index (χ1n) is 8.40. The summed E-state index contributed by atoms with van der Waals surface area (Å²) in [5.41, 5.74) is 1.88. The van der Waals surface area contributed by atoms with Crippen molar-refractivity contribution < 1.29 is 9.53 Å². The largest absolute Gasteiger partial charge is 0.378 e. The Morgan fingerprint density at radius 3 is 2.64 bits per heavy atom. The number of rotatable bonds is 5. The number of carbonyl (C=O) groups excluding carboxylic acids is 1. The smallest absolute Gasteiger partial charge is 0.263 e. The van der Waals surface area contributed by atoms with Crippen molar-refractivity contribution >= 4 is 34.0 Å². The molecular formula is C18H22ClN3O2S. The van der Waals surface area contributed by atoms with Gasteiger partial charge in [0.2, 0.25) is 0 Å². The Kier molecular flexibility index (Phi) is 5.93. The molecule has 1 N–H and O–H groups in total. The normalized spacial score (nSPS) is 14.8. The van der Waals surface area contributed by atoms with Gasteiger partial charge in [0, 0.05) is 24.7 Å². The highest BCUT2D eigenvalue weighted by molar-refractivity contribution is 7.17. The van der Waals surface area contributed by atoms with Crippen LogP contribution in [0, 0.1) is 0 Å². The number of amides is 1. The van der Waals surface area contributed by atoms with Crippen molar-refractivity contribution in [2.45, 2.75) is 26.3 Å². The van der Waals surface area contributed by atoms with Gasteiger partial charge in [-0.15, -0.1) is 0 Å². The number of hydrogen-bond acceptors (Lipinski definition) is 5. The van der Waals surface area contributed by atoms with Gasteiger partial charge in [0.05, 0.1) is 18.9 Å². The standard InChI is InChI=1S/C18H22ClN3O2S/c1-12(2)15-16(25-18(21-15)22-7-9-24-10-8-22)17(23)20-11-13-3-5-14(19)6-4-13/h3-6,12H,7-11H2,1-2H3,(H,20,23). The van der Waals surface area contributed by atoms with E-state index in [2.05, 4.69) is 24.1 Å². The molecule has 1 aliphatic heterocycles. The summed E-state index contributed by atoms with van der Waals surface area (Å²) in [6, 6.07) is 7.48. The van der Waals surface area contributed by atoms with E-state index in [1.165, 1.54) is 11.3 Å². The lowest BCUT2D eigenvalue weighted by Crippen LogP contribution is -2.36. The fourth-order valence-electron chi connectivity index (χ4n) is 2.63. The van der Waals surface area contributed by atoms with Crippen LogP contribution in [0.1, 0.15) is 40.7 Å². The molecule has 2 heterocycles. The number of anilines is 1. The molecule has 1 amide bonds. The van der Waals surface area contributed by atoms with Gasteiger partial charge in [-0.2, -0.15) is 0 Å². The maximum atomic E-state index is 12.7. The van der Waals surface area contributed by atoms with Crippen LogP contribution in [0.25, 0.3) is 0 Å². The number of halogens is 1. The van der Waals surface area contributed by atoms with Crippen LogP contribution in [0.2, 0.25) is 5.02 Å². The molecule has 0 aliphatic carbocycles. The highest BCUT2D eigenvalue weighted by Gasteiger charge is 2.23. The maximum absolute atomic E-state index is 12.7. The summed E-state index contributed by atoms with van der Waals surface area (Å²) in [5.74, 6) is 0.123. The SMILES string of the molecule is CC(C)c1nc(N2CCOCC2)sc1C(=O)NCc1ccc(Cl)cc1. The molecule has 0 radical (unpaired) electrons. The molecule has 3 rings (SSSR count). The van der Waals surface area contributed by atoms with Gasteiger partial charge >= 0.3 is 0 Å². The topological polar surface area (TPSA) is 54.5 Å². The van der Waals surface area contributed by atoms with E-state index >= 15 is 0 Å². The van der Waals surface area contributed by atoms with Crippen LogP contribution >= 0.6 is 22.9 Å². The highest BCUT2D eigenvalue weighted by atomic mass is 35.5. The average molecular weight is 380 g/mol. The molecule has 5 nitrogen and oxygen atoms in total. The van der Waals surface area contributed by atoms with E-state index in [4.69, 9.17) is 21.3 Å². The van der Waals surface area contributed by atoms with Crippen molar-refractivity contribution in [2.24, 2.45) is 0 Å². The Hall–Kier alpha value is -1.63. The third-order valence-electron chi connectivity index (χ3n) is 4.04. The molecule has 0 saturated carbocycles. The number of ether oxygens (including phenoxy) is 1. The Morgan fingerprint density at radius 1 is 1.32 bits per heavy atom. The minimum atomic E-state index is -0.0735. The Bertz CT molecular complexity index is 724. The van der Waals surface area contributed by atoms with E-state index in [0.29, 0.717) is 29.7 Å². The number of nitrogens with zero attached hydrogens (tertiary/aromatic N) is 2. The number of hydrogen-bond donors (Lipinski definition) is 1. The van der Waals surface area contributed by atoms with Gasteiger partial charge in [-0.25, -0.2) is 4.98 Å². The summed E-state index contributed by atoms with van der Waals surface area (Å²) in [5, 5.41) is 4.59.